The molecule has 0 saturated carbocycles. The number of ether oxygens (including phenoxy) is 2. The van der Waals surface area contributed by atoms with Gasteiger partial charge in [-0.15, -0.1) is 0 Å². The largest absolute Gasteiger partial charge is 0.379 e. The van der Waals surface area contributed by atoms with E-state index in [4.69, 9.17) is 14.6 Å². The first kappa shape index (κ1) is 36.8. The van der Waals surface area contributed by atoms with Crippen LogP contribution in [0.5, 0.6) is 0 Å². The number of hydrogen-bond acceptors (Lipinski definition) is 12. The minimum atomic E-state index is -0.238. The standard InChI is InChI=1S/C37H49N11O4/c1-6-47(46-15-19-52-20-16-46)36(50)30-23-34(48(44-30)33-24-32(40-25-41-33)39-11-12-45-13-17-51-18-14-45)43-29-22-28(8-7-26(29)2)42-35(49)27-9-10-38-31(21-27)37(3,4)5/h7-10,21-25,43H,6,11-20H2,1-5H3,(H,42,49)(H,39,40,41). The Labute approximate surface area is 304 Å². The maximum atomic E-state index is 14.0. The normalized spacial score (nSPS) is 15.6. The van der Waals surface area contributed by atoms with Crippen LogP contribution in [0.3, 0.4) is 0 Å². The van der Waals surface area contributed by atoms with Gasteiger partial charge in [0.2, 0.25) is 0 Å². The van der Waals surface area contributed by atoms with Crippen LogP contribution in [-0.2, 0) is 14.9 Å². The van der Waals surface area contributed by atoms with Crippen molar-refractivity contribution in [3.63, 3.8) is 0 Å². The molecule has 2 amide bonds. The van der Waals surface area contributed by atoms with Crippen molar-refractivity contribution in [2.24, 2.45) is 0 Å². The third-order valence-corrected chi connectivity index (χ3v) is 9.05. The number of hydrogen-bond donors (Lipinski definition) is 3. The molecule has 0 spiro atoms. The third kappa shape index (κ3) is 9.09. The SMILES string of the molecule is CCN(C(=O)c1cc(Nc2cc(NC(=O)c3ccnc(C(C)(C)C)c3)ccc2C)n(-c2cc(NCCN3CCOCC3)ncn2)n1)N1CCOCC1. The Bertz CT molecular complexity index is 1850. The fourth-order valence-electron chi connectivity index (χ4n) is 6.03. The monoisotopic (exact) mass is 711 g/mol. The molecule has 0 aliphatic carbocycles. The lowest BCUT2D eigenvalue weighted by Gasteiger charge is -2.36. The number of nitrogens with one attached hydrogen (secondary N) is 3. The van der Waals surface area contributed by atoms with Crippen molar-refractivity contribution in [2.45, 2.75) is 40.0 Å². The van der Waals surface area contributed by atoms with E-state index in [0.717, 1.165) is 49.8 Å². The second-order valence-corrected chi connectivity index (χ2v) is 13.8. The van der Waals surface area contributed by atoms with E-state index in [0.29, 0.717) is 68.1 Å². The maximum Gasteiger partial charge on any atom is 0.288 e. The first-order valence-electron chi connectivity index (χ1n) is 17.9. The summed E-state index contributed by atoms with van der Waals surface area (Å²) in [4.78, 5) is 43.1. The van der Waals surface area contributed by atoms with E-state index < -0.39 is 0 Å². The maximum absolute atomic E-state index is 14.0. The molecular formula is C37H49N11O4. The first-order valence-corrected chi connectivity index (χ1v) is 17.9. The van der Waals surface area contributed by atoms with Crippen molar-refractivity contribution in [1.82, 2.24) is 39.7 Å². The lowest BCUT2D eigenvalue weighted by atomic mass is 9.91. The number of pyridine rings is 1. The summed E-state index contributed by atoms with van der Waals surface area (Å²) >= 11 is 0. The van der Waals surface area contributed by atoms with Crippen molar-refractivity contribution >= 4 is 34.8 Å². The molecule has 2 aliphatic heterocycles. The third-order valence-electron chi connectivity index (χ3n) is 9.05. The zero-order valence-corrected chi connectivity index (χ0v) is 30.7. The highest BCUT2D eigenvalue weighted by atomic mass is 16.5. The Morgan fingerprint density at radius 1 is 0.923 bits per heavy atom. The summed E-state index contributed by atoms with van der Waals surface area (Å²) in [5.74, 6) is 1.18. The van der Waals surface area contributed by atoms with E-state index in [1.54, 1.807) is 28.0 Å². The molecule has 1 aromatic carbocycles. The van der Waals surface area contributed by atoms with E-state index in [1.807, 2.05) is 49.2 Å². The van der Waals surface area contributed by atoms with Gasteiger partial charge in [-0.25, -0.2) is 15.0 Å². The molecule has 3 aromatic heterocycles. The van der Waals surface area contributed by atoms with Crippen LogP contribution in [0, 0.1) is 6.92 Å². The average molecular weight is 712 g/mol. The minimum Gasteiger partial charge on any atom is -0.379 e. The molecule has 2 aliphatic rings. The summed E-state index contributed by atoms with van der Waals surface area (Å²) < 4.78 is 12.6. The van der Waals surface area contributed by atoms with Crippen LogP contribution in [0.25, 0.3) is 5.82 Å². The molecule has 4 aromatic rings. The number of carbonyl (C=O) groups excluding carboxylic acids is 2. The number of aromatic nitrogens is 5. The molecule has 52 heavy (non-hydrogen) atoms. The summed E-state index contributed by atoms with van der Waals surface area (Å²) in [5, 5.41) is 18.4. The predicted octanol–water partition coefficient (Wildman–Crippen LogP) is 4.11. The number of carbonyl (C=O) groups is 2. The molecule has 5 heterocycles. The summed E-state index contributed by atoms with van der Waals surface area (Å²) in [6.45, 7) is 17.8. The molecule has 0 unspecified atom stereocenters. The predicted molar refractivity (Wildman–Crippen MR) is 199 cm³/mol. The quantitative estimate of drug-likeness (QED) is 0.194. The zero-order valence-electron chi connectivity index (χ0n) is 30.7. The molecule has 2 saturated heterocycles. The molecular weight excluding hydrogens is 662 g/mol. The number of amides is 2. The van der Waals surface area contributed by atoms with Crippen molar-refractivity contribution in [1.29, 1.82) is 0 Å². The Balaban J connectivity index is 1.27. The molecule has 15 heteroatoms. The summed E-state index contributed by atoms with van der Waals surface area (Å²) in [6, 6.07) is 12.7. The van der Waals surface area contributed by atoms with Crippen molar-refractivity contribution in [2.75, 3.05) is 88.2 Å². The number of benzene rings is 1. The highest BCUT2D eigenvalue weighted by molar-refractivity contribution is 6.04. The molecule has 3 N–H and O–H groups in total. The van der Waals surface area contributed by atoms with Gasteiger partial charge >= 0.3 is 0 Å². The molecule has 0 radical (unpaired) electrons. The van der Waals surface area contributed by atoms with Gasteiger partial charge in [-0.05, 0) is 43.7 Å². The highest BCUT2D eigenvalue weighted by Crippen LogP contribution is 2.28. The van der Waals surface area contributed by atoms with Gasteiger partial charge in [-0.3, -0.25) is 24.5 Å². The minimum absolute atomic E-state index is 0.194. The molecule has 6 rings (SSSR count). The summed E-state index contributed by atoms with van der Waals surface area (Å²) in [5.41, 5.74) is 3.67. The Kier molecular flexibility index (Phi) is 11.7. The van der Waals surface area contributed by atoms with Crippen molar-refractivity contribution in [3.8, 4) is 5.82 Å². The van der Waals surface area contributed by atoms with E-state index in [9.17, 15) is 9.59 Å². The van der Waals surface area contributed by atoms with E-state index in [1.165, 1.54) is 6.33 Å². The van der Waals surface area contributed by atoms with Crippen LogP contribution in [0.2, 0.25) is 0 Å². The number of anilines is 4. The molecule has 0 bridgehead atoms. The van der Waals surface area contributed by atoms with Gasteiger partial charge in [0, 0.05) is 92.2 Å². The molecule has 15 nitrogen and oxygen atoms in total. The summed E-state index contributed by atoms with van der Waals surface area (Å²) in [7, 11) is 0. The molecule has 2 fully saturated rings. The van der Waals surface area contributed by atoms with Crippen LogP contribution >= 0.6 is 0 Å². The number of nitrogens with zero attached hydrogens (tertiary/aromatic N) is 8. The lowest BCUT2D eigenvalue weighted by Crippen LogP contribution is -2.51. The van der Waals surface area contributed by atoms with E-state index >= 15 is 0 Å². The van der Waals surface area contributed by atoms with Gasteiger partial charge in [-0.1, -0.05) is 26.8 Å². The van der Waals surface area contributed by atoms with Crippen molar-refractivity contribution < 1.29 is 19.1 Å². The van der Waals surface area contributed by atoms with Crippen LogP contribution in [0.1, 0.15) is 59.8 Å². The first-order chi connectivity index (χ1) is 25.1. The second-order valence-electron chi connectivity index (χ2n) is 13.8. The van der Waals surface area contributed by atoms with Gasteiger partial charge < -0.3 is 25.4 Å². The fourth-order valence-corrected chi connectivity index (χ4v) is 6.03. The van der Waals surface area contributed by atoms with Gasteiger partial charge in [-0.2, -0.15) is 9.78 Å². The number of rotatable bonds is 12. The molecule has 276 valence electrons. The summed E-state index contributed by atoms with van der Waals surface area (Å²) in [6.07, 6.45) is 3.14. The van der Waals surface area contributed by atoms with E-state index in [2.05, 4.69) is 56.6 Å². The van der Waals surface area contributed by atoms with Gasteiger partial charge in [0.05, 0.1) is 26.4 Å². The van der Waals surface area contributed by atoms with E-state index in [-0.39, 0.29) is 22.9 Å². The van der Waals surface area contributed by atoms with Crippen LogP contribution in [-0.4, -0.2) is 124 Å². The zero-order chi connectivity index (χ0) is 36.7. The Morgan fingerprint density at radius 3 is 2.40 bits per heavy atom. The van der Waals surface area contributed by atoms with Gasteiger partial charge in [0.1, 0.15) is 18.0 Å². The topological polar surface area (TPSA) is 155 Å². The Morgan fingerprint density at radius 2 is 1.67 bits per heavy atom. The number of morpholine rings is 2. The van der Waals surface area contributed by atoms with Crippen LogP contribution < -0.4 is 16.0 Å². The van der Waals surface area contributed by atoms with Gasteiger partial charge in [0.15, 0.2) is 11.5 Å². The van der Waals surface area contributed by atoms with Crippen molar-refractivity contribution in [3.05, 3.63) is 77.5 Å². The number of hydrazine groups is 1. The Hall–Kier alpha value is -4.96. The fraction of sp³-hybridized carbons (Fsp3) is 0.459. The average Bonchev–Trinajstić information content (AvgIpc) is 3.58. The number of aryl methyl sites for hydroxylation is 1. The van der Waals surface area contributed by atoms with Crippen LogP contribution in [0.15, 0.2) is 55.0 Å². The second kappa shape index (κ2) is 16.6. The smallest absolute Gasteiger partial charge is 0.288 e. The highest BCUT2D eigenvalue weighted by Gasteiger charge is 2.27. The van der Waals surface area contributed by atoms with Crippen LogP contribution in [0.4, 0.5) is 23.0 Å². The van der Waals surface area contributed by atoms with Gasteiger partial charge in [0.25, 0.3) is 11.8 Å². The lowest BCUT2D eigenvalue weighted by molar-refractivity contribution is -0.0678. The molecule has 0 atom stereocenters.